The average Bonchev–Trinajstić information content (AvgIpc) is 2.85. The van der Waals surface area contributed by atoms with E-state index in [4.69, 9.17) is 0 Å². The van der Waals surface area contributed by atoms with Crippen molar-refractivity contribution in [1.29, 1.82) is 0 Å². The van der Waals surface area contributed by atoms with Gasteiger partial charge in [-0.05, 0) is 74.7 Å². The van der Waals surface area contributed by atoms with Crippen molar-refractivity contribution in [3.05, 3.63) is 0 Å². The summed E-state index contributed by atoms with van der Waals surface area (Å²) in [5, 5.41) is 7.71. The first kappa shape index (κ1) is 9.80. The first-order valence-corrected chi connectivity index (χ1v) is 7.89. The van der Waals surface area contributed by atoms with Gasteiger partial charge in [0.2, 0.25) is 0 Å². The minimum Gasteiger partial charge on any atom is -0.313 e. The van der Waals surface area contributed by atoms with Crippen LogP contribution in [0.2, 0.25) is 0 Å². The van der Waals surface area contributed by atoms with Crippen LogP contribution in [-0.4, -0.2) is 24.7 Å². The van der Waals surface area contributed by atoms with Gasteiger partial charge < -0.3 is 10.6 Å². The highest BCUT2D eigenvalue weighted by Crippen LogP contribution is 2.65. The number of hydrogen-bond acceptors (Lipinski definition) is 2. The Kier molecular flexibility index (Phi) is 1.88. The molecule has 2 heterocycles. The lowest BCUT2D eigenvalue weighted by molar-refractivity contribution is 0.362. The third-order valence-corrected chi connectivity index (χ3v) is 6.78. The Morgan fingerprint density at radius 3 is 2.41 bits per heavy atom. The van der Waals surface area contributed by atoms with E-state index < -0.39 is 0 Å². The molecular formula is C15H24N2. The summed E-state index contributed by atoms with van der Waals surface area (Å²) >= 11 is 0. The Balaban J connectivity index is 1.19. The van der Waals surface area contributed by atoms with Crippen LogP contribution in [0.4, 0.5) is 0 Å². The molecule has 94 valence electrons. The quantitative estimate of drug-likeness (QED) is 0.775. The summed E-state index contributed by atoms with van der Waals surface area (Å²) in [6, 6.07) is 2.69. The highest BCUT2D eigenvalue weighted by atomic mass is 15.1. The highest BCUT2D eigenvalue weighted by Gasteiger charge is 2.64. The Morgan fingerprint density at radius 2 is 1.76 bits per heavy atom. The van der Waals surface area contributed by atoms with E-state index >= 15 is 0 Å². The maximum Gasteiger partial charge on any atom is 0.0136 e. The second-order valence-corrected chi connectivity index (χ2v) is 7.47. The van der Waals surface area contributed by atoms with E-state index in [9.17, 15) is 0 Å². The fourth-order valence-electron chi connectivity index (χ4n) is 6.05. The topological polar surface area (TPSA) is 24.1 Å². The van der Waals surface area contributed by atoms with Crippen LogP contribution in [0.25, 0.3) is 0 Å². The van der Waals surface area contributed by atoms with E-state index in [1.807, 2.05) is 0 Å². The minimum atomic E-state index is 0.864. The van der Waals surface area contributed by atoms with Gasteiger partial charge >= 0.3 is 0 Å². The van der Waals surface area contributed by atoms with E-state index in [0.717, 1.165) is 47.7 Å². The van der Waals surface area contributed by atoms with Gasteiger partial charge in [0.15, 0.2) is 0 Å². The van der Waals surface area contributed by atoms with E-state index in [1.54, 1.807) is 19.3 Å². The molecule has 4 bridgehead atoms. The molecule has 0 aromatic rings. The second-order valence-electron chi connectivity index (χ2n) is 7.47. The highest BCUT2D eigenvalue weighted by molar-refractivity contribution is 5.17. The predicted molar refractivity (Wildman–Crippen MR) is 67.7 cm³/mol. The summed E-state index contributed by atoms with van der Waals surface area (Å²) in [6.07, 6.45) is 9.04. The molecule has 0 aromatic carbocycles. The molecule has 5 aliphatic rings. The molecule has 2 N–H and O–H groups in total. The molecule has 0 radical (unpaired) electrons. The van der Waals surface area contributed by atoms with Gasteiger partial charge in [0.25, 0.3) is 0 Å². The molecule has 5 rings (SSSR count). The van der Waals surface area contributed by atoms with E-state index in [-0.39, 0.29) is 0 Å². The molecule has 2 heteroatoms. The summed E-state index contributed by atoms with van der Waals surface area (Å²) in [6.45, 7) is 1.31. The van der Waals surface area contributed by atoms with Crippen LogP contribution in [0.1, 0.15) is 38.5 Å². The summed E-state index contributed by atoms with van der Waals surface area (Å²) in [7, 11) is 0. The smallest absolute Gasteiger partial charge is 0.0136 e. The molecule has 7 atom stereocenters. The van der Waals surface area contributed by atoms with Gasteiger partial charge in [0, 0.05) is 18.1 Å². The Bertz CT molecular complexity index is 326. The summed E-state index contributed by atoms with van der Waals surface area (Å²) in [5.74, 6) is 5.43. The van der Waals surface area contributed by atoms with Crippen molar-refractivity contribution < 1.29 is 0 Å². The van der Waals surface area contributed by atoms with Gasteiger partial charge in [-0.2, -0.15) is 0 Å². The van der Waals surface area contributed by atoms with Gasteiger partial charge in [0.05, 0.1) is 0 Å². The molecule has 5 fully saturated rings. The zero-order valence-electron chi connectivity index (χ0n) is 10.6. The molecule has 0 spiro atoms. The Labute approximate surface area is 104 Å². The molecule has 7 unspecified atom stereocenters. The van der Waals surface area contributed by atoms with Gasteiger partial charge in [-0.1, -0.05) is 0 Å². The largest absolute Gasteiger partial charge is 0.313 e. The first-order chi connectivity index (χ1) is 8.40. The van der Waals surface area contributed by atoms with Crippen LogP contribution in [0.3, 0.4) is 0 Å². The van der Waals surface area contributed by atoms with Crippen molar-refractivity contribution in [3.8, 4) is 0 Å². The zero-order valence-corrected chi connectivity index (χ0v) is 10.6. The fourth-order valence-corrected chi connectivity index (χ4v) is 6.05. The van der Waals surface area contributed by atoms with Crippen molar-refractivity contribution in [2.45, 2.75) is 56.7 Å². The van der Waals surface area contributed by atoms with Gasteiger partial charge in [-0.15, -0.1) is 0 Å². The van der Waals surface area contributed by atoms with Crippen molar-refractivity contribution in [3.63, 3.8) is 0 Å². The first-order valence-electron chi connectivity index (χ1n) is 7.89. The SMILES string of the molecule is C1CC2NC1CC2CNC1C2C3CCC(C3)C12. The minimum absolute atomic E-state index is 0.864. The standard InChI is InChI=1S/C15H24N2/c1-2-9-5-8(1)13-14(9)15(13)16-7-10-6-11-3-4-12(10)17-11/h8-17H,1-7H2. The number of rotatable bonds is 3. The monoisotopic (exact) mass is 232 g/mol. The zero-order chi connectivity index (χ0) is 11.0. The van der Waals surface area contributed by atoms with E-state index in [2.05, 4.69) is 10.6 Å². The van der Waals surface area contributed by atoms with Crippen LogP contribution >= 0.6 is 0 Å². The van der Waals surface area contributed by atoms with Crippen molar-refractivity contribution in [2.24, 2.45) is 29.6 Å². The summed E-state index contributed by atoms with van der Waals surface area (Å²) in [5.41, 5.74) is 0. The second kappa shape index (κ2) is 3.27. The Morgan fingerprint density at radius 1 is 0.941 bits per heavy atom. The lowest BCUT2D eigenvalue weighted by atomic mass is 9.89. The molecule has 2 nitrogen and oxygen atoms in total. The van der Waals surface area contributed by atoms with E-state index in [1.165, 1.54) is 25.8 Å². The van der Waals surface area contributed by atoms with Gasteiger partial charge in [-0.25, -0.2) is 0 Å². The molecule has 0 amide bonds. The predicted octanol–water partition coefficient (Wildman–Crippen LogP) is 1.76. The van der Waals surface area contributed by atoms with Gasteiger partial charge in [-0.3, -0.25) is 0 Å². The van der Waals surface area contributed by atoms with Crippen LogP contribution < -0.4 is 10.6 Å². The lowest BCUT2D eigenvalue weighted by Gasteiger charge is -2.21. The number of hydrogen-bond donors (Lipinski definition) is 2. The third-order valence-electron chi connectivity index (χ3n) is 6.78. The maximum atomic E-state index is 3.95. The normalized spacial score (nSPS) is 62.1. The van der Waals surface area contributed by atoms with Crippen LogP contribution in [0.15, 0.2) is 0 Å². The maximum absolute atomic E-state index is 3.95. The summed E-state index contributed by atoms with van der Waals surface area (Å²) in [4.78, 5) is 0. The number of fused-ring (bicyclic) bond motifs is 7. The van der Waals surface area contributed by atoms with Crippen molar-refractivity contribution >= 4 is 0 Å². The van der Waals surface area contributed by atoms with Crippen LogP contribution in [0, 0.1) is 29.6 Å². The molecular weight excluding hydrogens is 208 g/mol. The lowest BCUT2D eigenvalue weighted by Crippen LogP contribution is -2.34. The van der Waals surface area contributed by atoms with Crippen LogP contribution in [0.5, 0.6) is 0 Å². The molecule has 2 aliphatic heterocycles. The molecule has 3 aliphatic carbocycles. The van der Waals surface area contributed by atoms with Crippen molar-refractivity contribution in [2.75, 3.05) is 6.54 Å². The van der Waals surface area contributed by atoms with Crippen LogP contribution in [-0.2, 0) is 0 Å². The van der Waals surface area contributed by atoms with Crippen molar-refractivity contribution in [1.82, 2.24) is 10.6 Å². The molecule has 3 saturated carbocycles. The average molecular weight is 232 g/mol. The molecule has 17 heavy (non-hydrogen) atoms. The number of nitrogens with one attached hydrogen (secondary N) is 2. The Hall–Kier alpha value is -0.0800. The molecule has 0 aromatic heterocycles. The molecule has 2 saturated heterocycles. The summed E-state index contributed by atoms with van der Waals surface area (Å²) < 4.78 is 0. The fraction of sp³-hybridized carbons (Fsp3) is 1.00. The third kappa shape index (κ3) is 1.29. The van der Waals surface area contributed by atoms with Gasteiger partial charge in [0.1, 0.15) is 0 Å². The van der Waals surface area contributed by atoms with E-state index in [0.29, 0.717) is 0 Å².